The minimum Gasteiger partial charge on any atom is -0.368 e. The van der Waals surface area contributed by atoms with Crippen LogP contribution in [-0.4, -0.2) is 52.7 Å². The van der Waals surface area contributed by atoms with Crippen LogP contribution < -0.4 is 4.90 Å². The van der Waals surface area contributed by atoms with Crippen molar-refractivity contribution in [3.8, 4) is 0 Å². The van der Waals surface area contributed by atoms with Crippen molar-refractivity contribution in [2.75, 3.05) is 36.8 Å². The Morgan fingerprint density at radius 3 is 2.38 bits per heavy atom. The molecule has 0 unspecified atom stereocenters. The quantitative estimate of drug-likeness (QED) is 0.479. The highest BCUT2D eigenvalue weighted by atomic mass is 32.2. The molecular formula is C25H28N4OS2. The van der Waals surface area contributed by atoms with E-state index in [1.54, 1.807) is 24.2 Å². The average molecular weight is 465 g/mol. The Morgan fingerprint density at radius 1 is 0.906 bits per heavy atom. The fourth-order valence-corrected chi connectivity index (χ4v) is 5.63. The Morgan fingerprint density at radius 2 is 1.62 bits per heavy atom. The second kappa shape index (κ2) is 10.4. The summed E-state index contributed by atoms with van der Waals surface area (Å²) in [4.78, 5) is 27.4. The fourth-order valence-electron chi connectivity index (χ4n) is 3.73. The van der Waals surface area contributed by atoms with Gasteiger partial charge in [-0.2, -0.15) is 0 Å². The Kier molecular flexibility index (Phi) is 7.37. The van der Waals surface area contributed by atoms with Crippen LogP contribution >= 0.6 is 23.5 Å². The first kappa shape index (κ1) is 22.7. The SMILES string of the molecule is Cc1ccc(C)c(N2CCN(C(=O)CSc3nccnc3Sc3ccccc3C)CC2)c1. The lowest BCUT2D eigenvalue weighted by Crippen LogP contribution is -2.49. The van der Waals surface area contributed by atoms with Crippen molar-refractivity contribution in [1.82, 2.24) is 14.9 Å². The summed E-state index contributed by atoms with van der Waals surface area (Å²) in [6.07, 6.45) is 3.40. The summed E-state index contributed by atoms with van der Waals surface area (Å²) in [6.45, 7) is 9.58. The molecule has 2 aromatic carbocycles. The Bertz CT molecular complexity index is 1100. The van der Waals surface area contributed by atoms with Gasteiger partial charge in [0.1, 0.15) is 10.1 Å². The third-order valence-corrected chi connectivity index (χ3v) is 7.87. The molecule has 0 saturated carbocycles. The van der Waals surface area contributed by atoms with Gasteiger partial charge in [-0.1, -0.05) is 53.9 Å². The van der Waals surface area contributed by atoms with Gasteiger partial charge in [-0.3, -0.25) is 4.79 Å². The number of thioether (sulfide) groups is 1. The number of carbonyl (C=O) groups is 1. The molecule has 0 atom stereocenters. The third-order valence-electron chi connectivity index (χ3n) is 5.60. The highest BCUT2D eigenvalue weighted by Gasteiger charge is 2.23. The first-order chi connectivity index (χ1) is 15.5. The normalized spacial score (nSPS) is 14.0. The van der Waals surface area contributed by atoms with Crippen molar-refractivity contribution in [3.05, 3.63) is 71.5 Å². The van der Waals surface area contributed by atoms with Crippen LogP contribution in [0.25, 0.3) is 0 Å². The molecule has 1 aliphatic heterocycles. The smallest absolute Gasteiger partial charge is 0.233 e. The van der Waals surface area contributed by atoms with E-state index in [-0.39, 0.29) is 5.91 Å². The number of hydrogen-bond acceptors (Lipinski definition) is 6. The maximum Gasteiger partial charge on any atom is 0.233 e. The van der Waals surface area contributed by atoms with Crippen LogP contribution in [0.4, 0.5) is 5.69 Å². The molecule has 0 bridgehead atoms. The second-order valence-electron chi connectivity index (χ2n) is 7.98. The van der Waals surface area contributed by atoms with Crippen LogP contribution in [0.3, 0.4) is 0 Å². The average Bonchev–Trinajstić information content (AvgIpc) is 2.81. The fraction of sp³-hybridized carbons (Fsp3) is 0.320. The largest absolute Gasteiger partial charge is 0.368 e. The Balaban J connectivity index is 1.34. The zero-order valence-corrected chi connectivity index (χ0v) is 20.4. The van der Waals surface area contributed by atoms with Crippen LogP contribution in [0.1, 0.15) is 16.7 Å². The summed E-state index contributed by atoms with van der Waals surface area (Å²) in [6, 6.07) is 14.8. The Hall–Kier alpha value is -2.51. The summed E-state index contributed by atoms with van der Waals surface area (Å²) in [5.74, 6) is 0.539. The van der Waals surface area contributed by atoms with Gasteiger partial charge in [0.15, 0.2) is 0 Å². The molecule has 166 valence electrons. The number of rotatable bonds is 6. The summed E-state index contributed by atoms with van der Waals surface area (Å²) in [5.41, 5.74) is 5.04. The van der Waals surface area contributed by atoms with Gasteiger partial charge < -0.3 is 9.80 Å². The van der Waals surface area contributed by atoms with Gasteiger partial charge in [0.25, 0.3) is 0 Å². The molecular weight excluding hydrogens is 436 g/mol. The van der Waals surface area contributed by atoms with E-state index in [0.29, 0.717) is 5.75 Å². The van der Waals surface area contributed by atoms with Crippen LogP contribution in [-0.2, 0) is 4.79 Å². The predicted octanol–water partition coefficient (Wildman–Crippen LogP) is 4.99. The van der Waals surface area contributed by atoms with Gasteiger partial charge >= 0.3 is 0 Å². The third kappa shape index (κ3) is 5.45. The minimum atomic E-state index is 0.160. The lowest BCUT2D eigenvalue weighted by molar-refractivity contribution is -0.128. The van der Waals surface area contributed by atoms with E-state index in [2.05, 4.69) is 66.0 Å². The number of carbonyl (C=O) groups excluding carboxylic acids is 1. The zero-order chi connectivity index (χ0) is 22.5. The summed E-state index contributed by atoms with van der Waals surface area (Å²) in [7, 11) is 0. The van der Waals surface area contributed by atoms with Gasteiger partial charge in [-0.15, -0.1) is 0 Å². The standard InChI is InChI=1S/C25H28N4OS2/c1-18-8-9-19(2)21(16-18)28-12-14-29(15-13-28)23(30)17-31-24-25(27-11-10-26-24)32-22-7-5-4-6-20(22)3/h4-11,16H,12-15,17H2,1-3H3. The van der Waals surface area contributed by atoms with Crippen molar-refractivity contribution in [3.63, 3.8) is 0 Å². The topological polar surface area (TPSA) is 49.3 Å². The number of piperazine rings is 1. The zero-order valence-electron chi connectivity index (χ0n) is 18.7. The van der Waals surface area contributed by atoms with Crippen LogP contribution in [0.2, 0.25) is 0 Å². The molecule has 32 heavy (non-hydrogen) atoms. The number of amides is 1. The van der Waals surface area contributed by atoms with Crippen molar-refractivity contribution in [2.45, 2.75) is 35.7 Å². The lowest BCUT2D eigenvalue weighted by atomic mass is 10.1. The molecule has 7 heteroatoms. The molecule has 5 nitrogen and oxygen atoms in total. The van der Waals surface area contributed by atoms with E-state index >= 15 is 0 Å². The first-order valence-corrected chi connectivity index (χ1v) is 12.6. The molecule has 0 radical (unpaired) electrons. The second-order valence-corrected chi connectivity index (χ2v) is 9.98. The lowest BCUT2D eigenvalue weighted by Gasteiger charge is -2.37. The molecule has 0 N–H and O–H groups in total. The van der Waals surface area contributed by atoms with E-state index in [9.17, 15) is 4.79 Å². The Labute approximate surface area is 198 Å². The van der Waals surface area contributed by atoms with E-state index in [4.69, 9.17) is 0 Å². The van der Waals surface area contributed by atoms with Crippen LogP contribution in [0.15, 0.2) is 69.8 Å². The molecule has 2 heterocycles. The molecule has 1 aromatic heterocycles. The van der Waals surface area contributed by atoms with Gasteiger partial charge in [-0.05, 0) is 49.6 Å². The van der Waals surface area contributed by atoms with E-state index in [0.717, 1.165) is 41.1 Å². The molecule has 3 aromatic rings. The van der Waals surface area contributed by atoms with Crippen molar-refractivity contribution >= 4 is 35.1 Å². The molecule has 4 rings (SSSR count). The molecule has 1 saturated heterocycles. The maximum absolute atomic E-state index is 12.9. The van der Waals surface area contributed by atoms with Gasteiger partial charge in [0.05, 0.1) is 5.75 Å². The van der Waals surface area contributed by atoms with Crippen LogP contribution in [0.5, 0.6) is 0 Å². The molecule has 1 aliphatic rings. The highest BCUT2D eigenvalue weighted by molar-refractivity contribution is 8.02. The summed E-state index contributed by atoms with van der Waals surface area (Å²) < 4.78 is 0. The predicted molar refractivity (Wildman–Crippen MR) is 133 cm³/mol. The molecule has 1 fully saturated rings. The number of aromatic nitrogens is 2. The molecule has 0 aliphatic carbocycles. The van der Waals surface area contributed by atoms with E-state index < -0.39 is 0 Å². The van der Waals surface area contributed by atoms with E-state index in [1.807, 2.05) is 17.0 Å². The van der Waals surface area contributed by atoms with Gasteiger partial charge in [-0.25, -0.2) is 9.97 Å². The minimum absolute atomic E-state index is 0.160. The summed E-state index contributed by atoms with van der Waals surface area (Å²) >= 11 is 3.08. The van der Waals surface area contributed by atoms with Crippen LogP contribution in [0, 0.1) is 20.8 Å². The maximum atomic E-state index is 12.9. The van der Waals surface area contributed by atoms with Gasteiger partial charge in [0.2, 0.25) is 5.91 Å². The first-order valence-electron chi connectivity index (χ1n) is 10.8. The number of anilines is 1. The van der Waals surface area contributed by atoms with E-state index in [1.165, 1.54) is 34.1 Å². The highest BCUT2D eigenvalue weighted by Crippen LogP contribution is 2.34. The number of hydrogen-bond donors (Lipinski definition) is 0. The number of benzene rings is 2. The van der Waals surface area contributed by atoms with Gasteiger partial charge in [0, 0.05) is 49.2 Å². The van der Waals surface area contributed by atoms with Crippen molar-refractivity contribution in [1.29, 1.82) is 0 Å². The molecule has 1 amide bonds. The van der Waals surface area contributed by atoms with Crippen molar-refractivity contribution < 1.29 is 4.79 Å². The number of nitrogens with zero attached hydrogens (tertiary/aromatic N) is 4. The number of aryl methyl sites for hydroxylation is 3. The molecule has 0 spiro atoms. The monoisotopic (exact) mass is 464 g/mol. The summed E-state index contributed by atoms with van der Waals surface area (Å²) in [5, 5.41) is 1.66. The van der Waals surface area contributed by atoms with Crippen molar-refractivity contribution in [2.24, 2.45) is 0 Å².